The molecule has 5 rings (SSSR count). The van der Waals surface area contributed by atoms with Gasteiger partial charge in [-0.05, 0) is 55.7 Å². The van der Waals surface area contributed by atoms with Gasteiger partial charge in [0.15, 0.2) is 0 Å². The molecule has 4 atom stereocenters. The van der Waals surface area contributed by atoms with E-state index in [2.05, 4.69) is 38.3 Å². The first-order valence-electron chi connectivity index (χ1n) is 10.4. The normalized spacial score (nSPS) is 30.2. The highest BCUT2D eigenvalue weighted by atomic mass is 32.2. The molecule has 28 heavy (non-hydrogen) atoms. The molecule has 2 N–H and O–H groups in total. The molecule has 4 aliphatic rings. The highest BCUT2D eigenvalue weighted by Crippen LogP contribution is 2.36. The average Bonchev–Trinajstić information content (AvgIpc) is 2.74. The van der Waals surface area contributed by atoms with Gasteiger partial charge in [-0.2, -0.15) is 11.8 Å². The fourth-order valence-corrected chi connectivity index (χ4v) is 6.31. The highest BCUT2D eigenvalue weighted by molar-refractivity contribution is 7.99. The van der Waals surface area contributed by atoms with Crippen LogP contribution in [0, 0.1) is 11.8 Å². The van der Waals surface area contributed by atoms with Gasteiger partial charge in [0.05, 0.1) is 0 Å². The predicted molar refractivity (Wildman–Crippen MR) is 121 cm³/mol. The lowest BCUT2D eigenvalue weighted by Crippen LogP contribution is -2.59. The van der Waals surface area contributed by atoms with Crippen LogP contribution >= 0.6 is 23.5 Å². The Labute approximate surface area is 177 Å². The minimum absolute atomic E-state index is 0.0942. The van der Waals surface area contributed by atoms with Crippen LogP contribution in [0.1, 0.15) is 12.8 Å². The van der Waals surface area contributed by atoms with Crippen molar-refractivity contribution >= 4 is 35.2 Å². The molecule has 4 aliphatic heterocycles. The summed E-state index contributed by atoms with van der Waals surface area (Å²) < 4.78 is 0. The average molecular weight is 421 g/mol. The minimum Gasteiger partial charge on any atom is -0.336 e. The summed E-state index contributed by atoms with van der Waals surface area (Å²) in [5, 5.41) is 6.08. The lowest BCUT2D eigenvalue weighted by atomic mass is 9.75. The first-order valence-corrected chi connectivity index (χ1v) is 12.8. The van der Waals surface area contributed by atoms with Crippen LogP contribution in [0.15, 0.2) is 29.2 Å². The molecule has 1 aromatic rings. The van der Waals surface area contributed by atoms with Crippen molar-refractivity contribution < 1.29 is 4.79 Å². The van der Waals surface area contributed by atoms with E-state index in [9.17, 15) is 4.79 Å². The molecule has 4 saturated heterocycles. The van der Waals surface area contributed by atoms with Crippen molar-refractivity contribution in [1.82, 2.24) is 15.1 Å². The number of piperidine rings is 3. The van der Waals surface area contributed by atoms with Gasteiger partial charge in [-0.25, -0.2) is 4.79 Å². The van der Waals surface area contributed by atoms with E-state index in [0.29, 0.717) is 6.04 Å². The number of carbonyl (C=O) groups excluding carboxylic acids is 1. The summed E-state index contributed by atoms with van der Waals surface area (Å²) in [5.74, 6) is 4.23. The van der Waals surface area contributed by atoms with Gasteiger partial charge in [0.2, 0.25) is 0 Å². The van der Waals surface area contributed by atoms with E-state index in [0.717, 1.165) is 29.0 Å². The zero-order valence-electron chi connectivity index (χ0n) is 16.7. The van der Waals surface area contributed by atoms with E-state index in [1.807, 2.05) is 24.5 Å². The van der Waals surface area contributed by atoms with Crippen LogP contribution in [0.2, 0.25) is 0 Å². The molecule has 0 radical (unpaired) electrons. The lowest BCUT2D eigenvalue weighted by Gasteiger charge is -2.51. The third kappa shape index (κ3) is 5.17. The van der Waals surface area contributed by atoms with Crippen LogP contribution in [0.5, 0.6) is 0 Å². The number of urea groups is 1. The lowest BCUT2D eigenvalue weighted by molar-refractivity contribution is -0.00980. The van der Waals surface area contributed by atoms with Gasteiger partial charge < -0.3 is 15.5 Å². The van der Waals surface area contributed by atoms with E-state index in [1.54, 1.807) is 11.8 Å². The molecule has 1 aromatic carbocycles. The maximum Gasteiger partial charge on any atom is 0.319 e. The van der Waals surface area contributed by atoms with E-state index in [-0.39, 0.29) is 6.03 Å². The topological polar surface area (TPSA) is 47.6 Å². The van der Waals surface area contributed by atoms with Crippen molar-refractivity contribution in [2.75, 3.05) is 62.3 Å². The number of amides is 2. The number of hydrogen-bond acceptors (Lipinski definition) is 5. The van der Waals surface area contributed by atoms with Crippen LogP contribution < -0.4 is 10.6 Å². The standard InChI is InChI=1S/C21H32N4OS2/c1-27-20-4-2-3-18(12-20)23-21(26)22-13-19-11-16-5-6-25(19)15-17(16)14-24-7-9-28-10-8-24/h2-4,12,16-17,19H,5-11,13-15H2,1H3,(H2,22,23,26). The zero-order valence-corrected chi connectivity index (χ0v) is 18.4. The summed E-state index contributed by atoms with van der Waals surface area (Å²) in [5.41, 5.74) is 0.856. The van der Waals surface area contributed by atoms with Crippen molar-refractivity contribution in [3.05, 3.63) is 24.3 Å². The Bertz CT molecular complexity index is 668. The van der Waals surface area contributed by atoms with Gasteiger partial charge in [-0.15, -0.1) is 11.8 Å². The van der Waals surface area contributed by atoms with Gasteiger partial charge in [-0.3, -0.25) is 4.90 Å². The van der Waals surface area contributed by atoms with Crippen molar-refractivity contribution in [2.24, 2.45) is 11.8 Å². The third-order valence-electron chi connectivity index (χ3n) is 6.44. The number of anilines is 1. The molecule has 154 valence electrons. The van der Waals surface area contributed by atoms with Gasteiger partial charge in [0.1, 0.15) is 0 Å². The quantitative estimate of drug-likeness (QED) is 0.692. The molecule has 4 unspecified atom stereocenters. The Hall–Kier alpha value is -0.890. The Morgan fingerprint density at radius 2 is 2.14 bits per heavy atom. The number of thioether (sulfide) groups is 2. The molecule has 0 saturated carbocycles. The number of rotatable bonds is 6. The van der Waals surface area contributed by atoms with E-state index in [4.69, 9.17) is 0 Å². The fraction of sp³-hybridized carbons (Fsp3) is 0.667. The first kappa shape index (κ1) is 20.4. The number of benzene rings is 1. The molecular formula is C21H32N4OS2. The SMILES string of the molecule is CSc1cccc(NC(=O)NCC2CC3CCN2CC3CN2CCSCC2)c1. The molecule has 5 nitrogen and oxygen atoms in total. The number of hydrogen-bond donors (Lipinski definition) is 2. The smallest absolute Gasteiger partial charge is 0.319 e. The third-order valence-corrected chi connectivity index (χ3v) is 8.10. The Morgan fingerprint density at radius 3 is 2.89 bits per heavy atom. The second-order valence-electron chi connectivity index (χ2n) is 8.17. The molecule has 0 aliphatic carbocycles. The van der Waals surface area contributed by atoms with Gasteiger partial charge in [0.25, 0.3) is 0 Å². The molecule has 0 spiro atoms. The first-order chi connectivity index (χ1) is 13.7. The van der Waals surface area contributed by atoms with Crippen LogP contribution in [0.25, 0.3) is 0 Å². The maximum atomic E-state index is 12.3. The van der Waals surface area contributed by atoms with E-state index in [1.165, 1.54) is 57.1 Å². The van der Waals surface area contributed by atoms with Crippen molar-refractivity contribution in [3.8, 4) is 0 Å². The molecule has 2 amide bonds. The van der Waals surface area contributed by atoms with Gasteiger partial charge >= 0.3 is 6.03 Å². The fourth-order valence-electron chi connectivity index (χ4n) is 4.87. The monoisotopic (exact) mass is 420 g/mol. The van der Waals surface area contributed by atoms with Crippen LogP contribution in [0.4, 0.5) is 10.5 Å². The molecule has 7 heteroatoms. The van der Waals surface area contributed by atoms with E-state index < -0.39 is 0 Å². The predicted octanol–water partition coefficient (Wildman–Crippen LogP) is 3.29. The van der Waals surface area contributed by atoms with Crippen molar-refractivity contribution in [1.29, 1.82) is 0 Å². The van der Waals surface area contributed by atoms with Crippen LogP contribution in [-0.4, -0.2) is 78.9 Å². The summed E-state index contributed by atoms with van der Waals surface area (Å²) in [6.45, 7) is 6.94. The molecule has 4 heterocycles. The largest absolute Gasteiger partial charge is 0.336 e. The Morgan fingerprint density at radius 1 is 1.29 bits per heavy atom. The summed E-state index contributed by atoms with van der Waals surface area (Å²) in [7, 11) is 0. The second-order valence-corrected chi connectivity index (χ2v) is 10.3. The molecule has 0 aromatic heterocycles. The van der Waals surface area contributed by atoms with Gasteiger partial charge in [0, 0.05) is 60.9 Å². The van der Waals surface area contributed by atoms with Crippen LogP contribution in [-0.2, 0) is 0 Å². The zero-order chi connectivity index (χ0) is 19.3. The molecular weight excluding hydrogens is 388 g/mol. The second kappa shape index (κ2) is 9.74. The molecule has 4 fully saturated rings. The number of nitrogens with one attached hydrogen (secondary N) is 2. The number of nitrogens with zero attached hydrogens (tertiary/aromatic N) is 2. The summed E-state index contributed by atoms with van der Waals surface area (Å²) in [6, 6.07) is 8.39. The molecule has 2 bridgehead atoms. The summed E-state index contributed by atoms with van der Waals surface area (Å²) >= 11 is 3.77. The number of fused-ring (bicyclic) bond motifs is 3. The van der Waals surface area contributed by atoms with Gasteiger partial charge in [-0.1, -0.05) is 6.07 Å². The Kier molecular flexibility index (Phi) is 7.09. The van der Waals surface area contributed by atoms with Crippen LogP contribution in [0.3, 0.4) is 0 Å². The number of carbonyl (C=O) groups is 1. The van der Waals surface area contributed by atoms with Crippen molar-refractivity contribution in [3.63, 3.8) is 0 Å². The van der Waals surface area contributed by atoms with Crippen molar-refractivity contribution in [2.45, 2.75) is 23.8 Å². The Balaban J connectivity index is 1.23. The summed E-state index contributed by atoms with van der Waals surface area (Å²) in [4.78, 5) is 18.8. The maximum absolute atomic E-state index is 12.3. The van der Waals surface area contributed by atoms with E-state index >= 15 is 0 Å². The highest BCUT2D eigenvalue weighted by Gasteiger charge is 2.40. The summed E-state index contributed by atoms with van der Waals surface area (Å²) in [6.07, 6.45) is 4.61. The minimum atomic E-state index is -0.0942.